The number of rotatable bonds is 3. The number of hydrogen-bond acceptors (Lipinski definition) is 4. The number of nitrogens with zero attached hydrogens (tertiary/aromatic N) is 2. The van der Waals surface area contributed by atoms with Gasteiger partial charge in [-0.2, -0.15) is 0 Å². The van der Waals surface area contributed by atoms with Gasteiger partial charge >= 0.3 is 0 Å². The van der Waals surface area contributed by atoms with Crippen LogP contribution in [0, 0.1) is 12.3 Å². The van der Waals surface area contributed by atoms with Crippen molar-refractivity contribution in [2.75, 3.05) is 19.6 Å². The summed E-state index contributed by atoms with van der Waals surface area (Å²) in [6.07, 6.45) is 17.3. The van der Waals surface area contributed by atoms with Gasteiger partial charge in [0.15, 0.2) is 0 Å². The lowest BCUT2D eigenvalue weighted by Crippen LogP contribution is -2.61. The average Bonchev–Trinajstić information content (AvgIpc) is 3.73. The van der Waals surface area contributed by atoms with Crippen LogP contribution in [-0.4, -0.2) is 64.0 Å². The third kappa shape index (κ3) is 5.43. The Morgan fingerprint density at radius 1 is 0.902 bits per heavy atom. The van der Waals surface area contributed by atoms with E-state index in [0.717, 1.165) is 18.7 Å². The molecule has 2 aromatic rings. The topological polar surface area (TPSA) is 72.9 Å². The fourth-order valence-electron chi connectivity index (χ4n) is 7.34. The summed E-state index contributed by atoms with van der Waals surface area (Å²) in [5.74, 6) is 2.33. The van der Waals surface area contributed by atoms with Gasteiger partial charge < -0.3 is 20.2 Å². The second-order valence-electron chi connectivity index (χ2n) is 12.9. The molecular formula is C35H43N3O3. The molecule has 4 aliphatic rings. The monoisotopic (exact) mass is 553 g/mol. The summed E-state index contributed by atoms with van der Waals surface area (Å²) in [7, 11) is 0. The highest BCUT2D eigenvalue weighted by Crippen LogP contribution is 2.42. The van der Waals surface area contributed by atoms with E-state index >= 15 is 0 Å². The van der Waals surface area contributed by atoms with E-state index in [1.165, 1.54) is 68.1 Å². The second-order valence-corrected chi connectivity index (χ2v) is 12.9. The zero-order valence-corrected chi connectivity index (χ0v) is 24.3. The number of aliphatic hydroxyl groups is 1. The molecule has 2 amide bonds. The van der Waals surface area contributed by atoms with Crippen molar-refractivity contribution in [3.05, 3.63) is 59.2 Å². The predicted octanol–water partition coefficient (Wildman–Crippen LogP) is 5.03. The molecule has 2 heterocycles. The van der Waals surface area contributed by atoms with Gasteiger partial charge in [0, 0.05) is 36.7 Å². The lowest BCUT2D eigenvalue weighted by molar-refractivity contribution is -0.147. The van der Waals surface area contributed by atoms with E-state index in [4.69, 9.17) is 6.42 Å². The van der Waals surface area contributed by atoms with Crippen molar-refractivity contribution < 1.29 is 14.7 Å². The fraction of sp³-hybridized carbons (Fsp3) is 0.543. The Morgan fingerprint density at radius 2 is 1.56 bits per heavy atom. The molecule has 216 valence electrons. The fourth-order valence-corrected chi connectivity index (χ4v) is 7.34. The van der Waals surface area contributed by atoms with Crippen LogP contribution in [0.4, 0.5) is 0 Å². The van der Waals surface area contributed by atoms with Crippen LogP contribution in [0.3, 0.4) is 0 Å². The first-order valence-electron chi connectivity index (χ1n) is 15.6. The first kappa shape index (κ1) is 28.0. The summed E-state index contributed by atoms with van der Waals surface area (Å²) in [5.41, 5.74) is 4.81. The Kier molecular flexibility index (Phi) is 7.70. The second kappa shape index (κ2) is 11.3. The van der Waals surface area contributed by atoms with Crippen LogP contribution in [0.1, 0.15) is 92.6 Å². The number of terminal acetylenes is 1. The van der Waals surface area contributed by atoms with Gasteiger partial charge in [0.25, 0.3) is 11.8 Å². The number of hydrogen-bond donors (Lipinski definition) is 2. The molecule has 2 saturated carbocycles. The van der Waals surface area contributed by atoms with Crippen molar-refractivity contribution in [3.63, 3.8) is 0 Å². The number of carbonyl (C=O) groups excluding carboxylic acids is 2. The smallest absolute Gasteiger partial charge is 0.254 e. The van der Waals surface area contributed by atoms with Crippen molar-refractivity contribution in [1.29, 1.82) is 0 Å². The van der Waals surface area contributed by atoms with Crippen molar-refractivity contribution in [1.82, 2.24) is 15.1 Å². The van der Waals surface area contributed by atoms with Gasteiger partial charge in [-0.1, -0.05) is 74.8 Å². The van der Waals surface area contributed by atoms with Crippen LogP contribution in [0.2, 0.25) is 0 Å². The van der Waals surface area contributed by atoms with E-state index in [1.54, 1.807) is 9.80 Å². The van der Waals surface area contributed by atoms with Crippen LogP contribution >= 0.6 is 0 Å². The van der Waals surface area contributed by atoms with Crippen LogP contribution in [0.5, 0.6) is 0 Å². The van der Waals surface area contributed by atoms with E-state index < -0.39 is 11.6 Å². The maximum absolute atomic E-state index is 13.6. The highest BCUT2D eigenvalue weighted by atomic mass is 16.3. The molecule has 1 saturated heterocycles. The molecule has 2 aliphatic carbocycles. The molecule has 0 radical (unpaired) electrons. The van der Waals surface area contributed by atoms with Gasteiger partial charge in [-0.25, -0.2) is 0 Å². The summed E-state index contributed by atoms with van der Waals surface area (Å²) < 4.78 is 0. The molecule has 3 fully saturated rings. The standard InChI is InChI=1S/C35H43N3O3/c1-3-30-23-37(33(40)35(41)18-19-35)25(2)22-38(30)32(39)27-12-10-26(11-13-27)28-14-15-29-21-36-24-34(31(29)20-28)16-8-6-4-5-7-9-17-34/h1,10-15,20,25,30,36,41H,4-9,16-19,21-24H2,2H3/t25-,30+/m0/s1. The largest absolute Gasteiger partial charge is 0.380 e. The minimum absolute atomic E-state index is 0.121. The van der Waals surface area contributed by atoms with Crippen LogP contribution in [0.25, 0.3) is 11.1 Å². The SMILES string of the molecule is C#C[C@@H]1CN(C(=O)C2(O)CC2)[C@@H](C)CN1C(=O)c1ccc(-c2ccc3c(c2)C2(CCCCCCCC2)CNC3)cc1. The minimum Gasteiger partial charge on any atom is -0.380 e. The Bertz CT molecular complexity index is 1330. The lowest BCUT2D eigenvalue weighted by Gasteiger charge is -2.44. The predicted molar refractivity (Wildman–Crippen MR) is 161 cm³/mol. The third-order valence-corrected chi connectivity index (χ3v) is 10.1. The van der Waals surface area contributed by atoms with Crippen LogP contribution < -0.4 is 5.32 Å². The number of nitrogens with one attached hydrogen (secondary N) is 1. The van der Waals surface area contributed by atoms with Crippen molar-refractivity contribution in [2.24, 2.45) is 0 Å². The molecule has 41 heavy (non-hydrogen) atoms. The van der Waals surface area contributed by atoms with Gasteiger partial charge in [0.05, 0.1) is 6.54 Å². The summed E-state index contributed by atoms with van der Waals surface area (Å²) in [5, 5.41) is 14.1. The van der Waals surface area contributed by atoms with Gasteiger partial charge in [0.1, 0.15) is 11.6 Å². The molecule has 2 N–H and O–H groups in total. The zero-order valence-electron chi connectivity index (χ0n) is 24.3. The molecular weight excluding hydrogens is 510 g/mol. The van der Waals surface area contributed by atoms with E-state index in [1.807, 2.05) is 31.2 Å². The molecule has 0 unspecified atom stereocenters. The zero-order chi connectivity index (χ0) is 28.6. The first-order valence-corrected chi connectivity index (χ1v) is 15.6. The Labute approximate surface area is 244 Å². The molecule has 0 bridgehead atoms. The lowest BCUT2D eigenvalue weighted by atomic mass is 9.69. The first-order chi connectivity index (χ1) is 19.8. The molecule has 1 spiro atoms. The summed E-state index contributed by atoms with van der Waals surface area (Å²) in [6.45, 7) is 4.49. The Balaban J connectivity index is 1.21. The molecule has 0 aromatic heterocycles. The molecule has 2 aromatic carbocycles. The van der Waals surface area contributed by atoms with Crippen molar-refractivity contribution >= 4 is 11.8 Å². The summed E-state index contributed by atoms with van der Waals surface area (Å²) in [4.78, 5) is 29.8. The minimum atomic E-state index is -1.24. The quantitative estimate of drug-likeness (QED) is 0.523. The number of carbonyl (C=O) groups is 2. The summed E-state index contributed by atoms with van der Waals surface area (Å²) >= 11 is 0. The average molecular weight is 554 g/mol. The van der Waals surface area contributed by atoms with Gasteiger partial charge in [-0.15, -0.1) is 6.42 Å². The third-order valence-electron chi connectivity index (χ3n) is 10.1. The number of piperazine rings is 1. The molecule has 6 rings (SSSR count). The highest BCUT2D eigenvalue weighted by Gasteiger charge is 2.52. The van der Waals surface area contributed by atoms with Crippen molar-refractivity contribution in [3.8, 4) is 23.5 Å². The van der Waals surface area contributed by atoms with Gasteiger partial charge in [-0.3, -0.25) is 9.59 Å². The van der Waals surface area contributed by atoms with Crippen LogP contribution in [-0.2, 0) is 16.8 Å². The van der Waals surface area contributed by atoms with Gasteiger partial charge in [-0.05, 0) is 67.0 Å². The molecule has 6 nitrogen and oxygen atoms in total. The Hall–Kier alpha value is -3.14. The number of fused-ring (bicyclic) bond motifs is 2. The number of benzene rings is 2. The van der Waals surface area contributed by atoms with Crippen LogP contribution in [0.15, 0.2) is 42.5 Å². The molecule has 6 heteroatoms. The maximum Gasteiger partial charge on any atom is 0.254 e. The van der Waals surface area contributed by atoms with E-state index in [-0.39, 0.29) is 29.8 Å². The highest BCUT2D eigenvalue weighted by molar-refractivity contribution is 5.96. The van der Waals surface area contributed by atoms with E-state index in [2.05, 4.69) is 29.4 Å². The van der Waals surface area contributed by atoms with Crippen molar-refractivity contribution in [2.45, 2.75) is 101 Å². The van der Waals surface area contributed by atoms with Gasteiger partial charge in [0.2, 0.25) is 0 Å². The summed E-state index contributed by atoms with van der Waals surface area (Å²) in [6, 6.07) is 14.1. The Morgan fingerprint density at radius 3 is 2.22 bits per heavy atom. The van der Waals surface area contributed by atoms with E-state index in [9.17, 15) is 14.7 Å². The normalized spacial score (nSPS) is 25.3. The molecule has 2 aliphatic heterocycles. The van der Waals surface area contributed by atoms with E-state index in [0.29, 0.717) is 24.9 Å². The maximum atomic E-state index is 13.6. The number of amides is 2. The molecule has 2 atom stereocenters.